The molecule has 0 saturated carbocycles. The fraction of sp³-hybridized carbons (Fsp3) is 0.500. The summed E-state index contributed by atoms with van der Waals surface area (Å²) in [5.41, 5.74) is 1.28. The van der Waals surface area contributed by atoms with Crippen molar-refractivity contribution in [3.63, 3.8) is 0 Å². The normalized spacial score (nSPS) is 13.6. The molecule has 1 N–H and O–H groups in total. The van der Waals surface area contributed by atoms with E-state index in [1.807, 2.05) is 31.6 Å². The molecule has 31 heavy (non-hydrogen) atoms. The highest BCUT2D eigenvalue weighted by atomic mass is 32.2. The smallest absolute Gasteiger partial charge is 0.263 e. The molecular formula is C22H28N4O2S3. The third kappa shape index (κ3) is 5.39. The largest absolute Gasteiger partial charge is 0.350 e. The number of fused-ring (bicyclic) bond motifs is 3. The quantitative estimate of drug-likeness (QED) is 0.376. The van der Waals surface area contributed by atoms with Crippen molar-refractivity contribution in [2.45, 2.75) is 50.4 Å². The van der Waals surface area contributed by atoms with E-state index >= 15 is 0 Å². The molecule has 0 aromatic carbocycles. The summed E-state index contributed by atoms with van der Waals surface area (Å²) in [4.78, 5) is 36.2. The Labute approximate surface area is 194 Å². The predicted octanol–water partition coefficient (Wildman–Crippen LogP) is 3.76. The molecule has 4 rings (SSSR count). The maximum atomic E-state index is 13.5. The van der Waals surface area contributed by atoms with Gasteiger partial charge < -0.3 is 10.2 Å². The molecule has 9 heteroatoms. The van der Waals surface area contributed by atoms with Gasteiger partial charge in [-0.15, -0.1) is 22.7 Å². The van der Waals surface area contributed by atoms with Crippen molar-refractivity contribution in [3.8, 4) is 0 Å². The third-order valence-corrected chi connectivity index (χ3v) is 8.44. The minimum atomic E-state index is -0.0435. The van der Waals surface area contributed by atoms with Gasteiger partial charge in [-0.3, -0.25) is 14.2 Å². The van der Waals surface area contributed by atoms with Gasteiger partial charge in [0, 0.05) is 16.3 Å². The lowest BCUT2D eigenvalue weighted by Gasteiger charge is -2.15. The average Bonchev–Trinajstić information content (AvgIpc) is 3.39. The maximum absolute atomic E-state index is 13.5. The Morgan fingerprint density at radius 2 is 2.16 bits per heavy atom. The molecule has 0 fully saturated rings. The van der Waals surface area contributed by atoms with Crippen LogP contribution in [0.2, 0.25) is 0 Å². The van der Waals surface area contributed by atoms with Gasteiger partial charge in [0.25, 0.3) is 5.56 Å². The zero-order chi connectivity index (χ0) is 21.8. The number of carbonyl (C=O) groups is 1. The number of nitrogens with zero attached hydrogens (tertiary/aromatic N) is 3. The molecule has 6 nitrogen and oxygen atoms in total. The molecule has 0 unspecified atom stereocenters. The first kappa shape index (κ1) is 22.5. The second-order valence-electron chi connectivity index (χ2n) is 8.04. The summed E-state index contributed by atoms with van der Waals surface area (Å²) >= 11 is 4.65. The van der Waals surface area contributed by atoms with E-state index in [2.05, 4.69) is 10.2 Å². The summed E-state index contributed by atoms with van der Waals surface area (Å²) in [5.74, 6) is 0.209. The van der Waals surface area contributed by atoms with Crippen LogP contribution in [0.3, 0.4) is 0 Å². The van der Waals surface area contributed by atoms with Gasteiger partial charge in [-0.2, -0.15) is 0 Å². The van der Waals surface area contributed by atoms with Gasteiger partial charge in [0.1, 0.15) is 4.83 Å². The van der Waals surface area contributed by atoms with Gasteiger partial charge >= 0.3 is 0 Å². The number of hydrogen-bond donors (Lipinski definition) is 1. The number of amides is 1. The van der Waals surface area contributed by atoms with Crippen LogP contribution in [0, 0.1) is 0 Å². The summed E-state index contributed by atoms with van der Waals surface area (Å²) in [6, 6.07) is 3.99. The van der Waals surface area contributed by atoms with Gasteiger partial charge in [0.15, 0.2) is 5.16 Å². The number of aromatic nitrogens is 2. The fourth-order valence-corrected chi connectivity index (χ4v) is 6.65. The first-order chi connectivity index (χ1) is 15.0. The molecule has 0 atom stereocenters. The SMILES string of the molecule is CN(C)CCCn1c(SCC(=O)NCc2cccs2)nc2sc3c(c2c1=O)CCCC3. The van der Waals surface area contributed by atoms with Crippen LogP contribution >= 0.6 is 34.4 Å². The molecule has 1 aliphatic carbocycles. The van der Waals surface area contributed by atoms with Crippen LogP contribution in [-0.2, 0) is 30.7 Å². The van der Waals surface area contributed by atoms with E-state index in [9.17, 15) is 9.59 Å². The first-order valence-electron chi connectivity index (χ1n) is 10.6. The topological polar surface area (TPSA) is 67.2 Å². The van der Waals surface area contributed by atoms with Crippen molar-refractivity contribution >= 4 is 50.6 Å². The van der Waals surface area contributed by atoms with E-state index in [1.165, 1.54) is 28.6 Å². The van der Waals surface area contributed by atoms with Crippen LogP contribution in [0.4, 0.5) is 0 Å². The molecule has 0 aliphatic heterocycles. The van der Waals surface area contributed by atoms with Crippen LogP contribution in [0.1, 0.15) is 34.6 Å². The Bertz CT molecular complexity index is 1100. The molecule has 3 aromatic rings. The molecule has 0 spiro atoms. The highest BCUT2D eigenvalue weighted by molar-refractivity contribution is 7.99. The Balaban J connectivity index is 1.56. The van der Waals surface area contributed by atoms with Crippen molar-refractivity contribution < 1.29 is 4.79 Å². The van der Waals surface area contributed by atoms with Crippen molar-refractivity contribution in [1.82, 2.24) is 19.8 Å². The second-order valence-corrected chi connectivity index (χ2v) is 11.1. The van der Waals surface area contributed by atoms with Crippen LogP contribution < -0.4 is 10.9 Å². The van der Waals surface area contributed by atoms with Gasteiger partial charge in [-0.1, -0.05) is 17.8 Å². The molecule has 0 bridgehead atoms. The zero-order valence-electron chi connectivity index (χ0n) is 18.0. The standard InChI is InChI=1S/C22H28N4O2S3/c1-25(2)10-6-11-26-21(28)19-16-8-3-4-9-17(16)31-20(19)24-22(26)30-14-18(27)23-13-15-7-5-12-29-15/h5,7,12H,3-4,6,8-11,13-14H2,1-2H3,(H,23,27). The molecular weight excluding hydrogens is 448 g/mol. The highest BCUT2D eigenvalue weighted by Crippen LogP contribution is 2.34. The van der Waals surface area contributed by atoms with Gasteiger partial charge in [0.2, 0.25) is 5.91 Å². The first-order valence-corrected chi connectivity index (χ1v) is 13.3. The lowest BCUT2D eigenvalue weighted by Crippen LogP contribution is -2.27. The molecule has 3 heterocycles. The van der Waals surface area contributed by atoms with Crippen LogP contribution in [-0.4, -0.2) is 46.8 Å². The Hall–Kier alpha value is -1.68. The molecule has 166 valence electrons. The monoisotopic (exact) mass is 476 g/mol. The highest BCUT2D eigenvalue weighted by Gasteiger charge is 2.22. The number of hydrogen-bond acceptors (Lipinski definition) is 7. The van der Waals surface area contributed by atoms with Gasteiger partial charge in [-0.05, 0) is 69.8 Å². The number of aryl methyl sites for hydroxylation is 2. The average molecular weight is 477 g/mol. The fourth-order valence-electron chi connectivity index (χ4n) is 3.85. The number of rotatable bonds is 9. The van der Waals surface area contributed by atoms with E-state index in [0.717, 1.165) is 47.3 Å². The molecule has 0 radical (unpaired) electrons. The minimum Gasteiger partial charge on any atom is -0.350 e. The van der Waals surface area contributed by atoms with Gasteiger partial charge in [-0.25, -0.2) is 4.98 Å². The van der Waals surface area contributed by atoms with E-state index in [1.54, 1.807) is 27.2 Å². The molecule has 1 aliphatic rings. The number of thiophene rings is 2. The Morgan fingerprint density at radius 3 is 2.94 bits per heavy atom. The Kier molecular flexibility index (Phi) is 7.47. The van der Waals surface area contributed by atoms with Gasteiger partial charge in [0.05, 0.1) is 17.7 Å². The summed E-state index contributed by atoms with van der Waals surface area (Å²) in [6.45, 7) is 2.05. The zero-order valence-corrected chi connectivity index (χ0v) is 20.4. The number of carbonyl (C=O) groups excluding carboxylic acids is 1. The van der Waals surface area contributed by atoms with Crippen molar-refractivity contribution in [2.24, 2.45) is 0 Å². The Morgan fingerprint density at radius 1 is 1.32 bits per heavy atom. The summed E-state index contributed by atoms with van der Waals surface area (Å²) in [6.07, 6.45) is 5.21. The lowest BCUT2D eigenvalue weighted by atomic mass is 9.97. The third-order valence-electron chi connectivity index (χ3n) is 5.40. The van der Waals surface area contributed by atoms with Crippen molar-refractivity contribution in [1.29, 1.82) is 0 Å². The van der Waals surface area contributed by atoms with Crippen LogP contribution in [0.5, 0.6) is 0 Å². The van der Waals surface area contributed by atoms with E-state index in [0.29, 0.717) is 18.2 Å². The summed E-state index contributed by atoms with van der Waals surface area (Å²) in [7, 11) is 4.07. The van der Waals surface area contributed by atoms with Crippen molar-refractivity contribution in [3.05, 3.63) is 43.2 Å². The second kappa shape index (κ2) is 10.3. The summed E-state index contributed by atoms with van der Waals surface area (Å²) < 4.78 is 1.80. The van der Waals surface area contributed by atoms with Crippen LogP contribution in [0.15, 0.2) is 27.5 Å². The lowest BCUT2D eigenvalue weighted by molar-refractivity contribution is -0.118. The minimum absolute atomic E-state index is 0.0435. The maximum Gasteiger partial charge on any atom is 0.263 e. The summed E-state index contributed by atoms with van der Waals surface area (Å²) in [5, 5.41) is 6.43. The molecule has 1 amide bonds. The van der Waals surface area contributed by atoms with E-state index in [-0.39, 0.29) is 17.2 Å². The van der Waals surface area contributed by atoms with E-state index < -0.39 is 0 Å². The molecule has 0 saturated heterocycles. The number of thioether (sulfide) groups is 1. The molecule has 3 aromatic heterocycles. The predicted molar refractivity (Wildman–Crippen MR) is 131 cm³/mol. The van der Waals surface area contributed by atoms with Crippen molar-refractivity contribution in [2.75, 3.05) is 26.4 Å². The number of nitrogens with one attached hydrogen (secondary N) is 1. The van der Waals surface area contributed by atoms with E-state index in [4.69, 9.17) is 4.98 Å². The van der Waals surface area contributed by atoms with Crippen LogP contribution in [0.25, 0.3) is 10.2 Å².